The van der Waals surface area contributed by atoms with E-state index in [2.05, 4.69) is 15.5 Å². The molecule has 4 N–H and O–H groups in total. The zero-order valence-electron chi connectivity index (χ0n) is 10.1. The summed E-state index contributed by atoms with van der Waals surface area (Å²) in [6.45, 7) is -0.314. The Kier molecular flexibility index (Phi) is 2.51. The first-order valence-electron chi connectivity index (χ1n) is 6.02. The maximum Gasteiger partial charge on any atom is 0.277 e. The number of hydrogen-bond donors (Lipinski definition) is 3. The number of nitrogen functional groups attached to an aromatic ring is 1. The van der Waals surface area contributed by atoms with Gasteiger partial charge in [0.2, 0.25) is 11.8 Å². The molecule has 2 fully saturated rings. The first kappa shape index (κ1) is 11.7. The molecule has 19 heavy (non-hydrogen) atoms. The van der Waals surface area contributed by atoms with Gasteiger partial charge in [0.1, 0.15) is 13.1 Å². The molecule has 3 rings (SSSR count). The third kappa shape index (κ3) is 2.05. The minimum Gasteiger partial charge on any atom is -0.395 e. The second-order valence-corrected chi connectivity index (χ2v) is 4.81. The van der Waals surface area contributed by atoms with Crippen LogP contribution in [-0.2, 0) is 9.59 Å². The van der Waals surface area contributed by atoms with Crippen LogP contribution < -0.4 is 11.1 Å². The SMILES string of the molecule is Nc1c(C(=O)N2CC(=O)NC(=O)C2)n[nH]c1C1CC1. The Labute approximate surface area is 108 Å². The number of piperazine rings is 1. The van der Waals surface area contributed by atoms with Crippen LogP contribution in [0.15, 0.2) is 0 Å². The van der Waals surface area contributed by atoms with Crippen LogP contribution in [0.3, 0.4) is 0 Å². The molecule has 0 atom stereocenters. The van der Waals surface area contributed by atoms with Crippen molar-refractivity contribution < 1.29 is 14.4 Å². The lowest BCUT2D eigenvalue weighted by molar-refractivity contribution is -0.135. The summed E-state index contributed by atoms with van der Waals surface area (Å²) in [5.74, 6) is -1.15. The highest BCUT2D eigenvalue weighted by Crippen LogP contribution is 2.42. The standard InChI is InChI=1S/C11H13N5O3/c12-8-9(5-1-2-5)14-15-10(8)11(19)16-3-6(17)13-7(18)4-16/h5H,1-4,12H2,(H,14,15)(H,13,17,18). The molecule has 0 radical (unpaired) electrons. The van der Waals surface area contributed by atoms with Gasteiger partial charge in [0, 0.05) is 5.92 Å². The molecular weight excluding hydrogens is 250 g/mol. The monoisotopic (exact) mass is 263 g/mol. The number of aromatic amines is 1. The lowest BCUT2D eigenvalue weighted by Gasteiger charge is -2.24. The summed E-state index contributed by atoms with van der Waals surface area (Å²) in [6.07, 6.45) is 2.06. The first-order chi connectivity index (χ1) is 9.06. The highest BCUT2D eigenvalue weighted by Gasteiger charge is 2.33. The molecule has 1 aromatic rings. The smallest absolute Gasteiger partial charge is 0.277 e. The van der Waals surface area contributed by atoms with Gasteiger partial charge in [-0.1, -0.05) is 0 Å². The number of nitrogens with zero attached hydrogens (tertiary/aromatic N) is 2. The van der Waals surface area contributed by atoms with Gasteiger partial charge in [0.25, 0.3) is 5.91 Å². The summed E-state index contributed by atoms with van der Waals surface area (Å²) in [6, 6.07) is 0. The molecule has 1 aliphatic heterocycles. The van der Waals surface area contributed by atoms with Crippen LogP contribution in [0, 0.1) is 0 Å². The van der Waals surface area contributed by atoms with Crippen LogP contribution in [0.2, 0.25) is 0 Å². The van der Waals surface area contributed by atoms with E-state index in [1.54, 1.807) is 0 Å². The van der Waals surface area contributed by atoms with E-state index in [1.807, 2.05) is 0 Å². The van der Waals surface area contributed by atoms with Crippen LogP contribution >= 0.6 is 0 Å². The van der Waals surface area contributed by atoms with Crippen LogP contribution in [-0.4, -0.2) is 45.9 Å². The molecule has 1 saturated heterocycles. The largest absolute Gasteiger partial charge is 0.395 e. The highest BCUT2D eigenvalue weighted by atomic mass is 16.2. The zero-order chi connectivity index (χ0) is 13.6. The molecule has 0 aromatic carbocycles. The van der Waals surface area contributed by atoms with Gasteiger partial charge < -0.3 is 10.6 Å². The molecule has 0 unspecified atom stereocenters. The Balaban J connectivity index is 1.83. The predicted molar refractivity (Wildman–Crippen MR) is 64.0 cm³/mol. The van der Waals surface area contributed by atoms with E-state index in [0.717, 1.165) is 23.4 Å². The summed E-state index contributed by atoms with van der Waals surface area (Å²) in [7, 11) is 0. The third-order valence-corrected chi connectivity index (χ3v) is 3.26. The number of carbonyl (C=O) groups excluding carboxylic acids is 3. The van der Waals surface area contributed by atoms with E-state index in [9.17, 15) is 14.4 Å². The molecule has 1 aliphatic carbocycles. The van der Waals surface area contributed by atoms with Crippen molar-refractivity contribution in [1.29, 1.82) is 0 Å². The van der Waals surface area contributed by atoms with Crippen molar-refractivity contribution in [1.82, 2.24) is 20.4 Å². The average Bonchev–Trinajstić information content (AvgIpc) is 3.11. The van der Waals surface area contributed by atoms with Crippen molar-refractivity contribution >= 4 is 23.4 Å². The molecule has 1 aromatic heterocycles. The second kappa shape index (κ2) is 4.08. The van der Waals surface area contributed by atoms with Gasteiger partial charge in [-0.2, -0.15) is 5.10 Å². The van der Waals surface area contributed by atoms with Gasteiger partial charge in [0.15, 0.2) is 5.69 Å². The molecule has 3 amide bonds. The number of imide groups is 1. The molecular formula is C11H13N5O3. The number of rotatable bonds is 2. The molecule has 2 heterocycles. The van der Waals surface area contributed by atoms with Crippen LogP contribution in [0.4, 0.5) is 5.69 Å². The first-order valence-corrected chi connectivity index (χ1v) is 6.02. The van der Waals surface area contributed by atoms with Crippen molar-refractivity contribution in [3.8, 4) is 0 Å². The number of nitrogens with two attached hydrogens (primary N) is 1. The lowest BCUT2D eigenvalue weighted by atomic mass is 10.2. The number of amides is 3. The molecule has 0 bridgehead atoms. The highest BCUT2D eigenvalue weighted by molar-refractivity contribution is 6.06. The Morgan fingerprint density at radius 1 is 1.26 bits per heavy atom. The number of hydrogen-bond acceptors (Lipinski definition) is 5. The zero-order valence-corrected chi connectivity index (χ0v) is 10.1. The van der Waals surface area contributed by atoms with Crippen LogP contribution in [0.5, 0.6) is 0 Å². The maximum absolute atomic E-state index is 12.2. The van der Waals surface area contributed by atoms with Crippen molar-refractivity contribution in [2.24, 2.45) is 0 Å². The Hall–Kier alpha value is -2.38. The fraction of sp³-hybridized carbons (Fsp3) is 0.455. The second-order valence-electron chi connectivity index (χ2n) is 4.81. The lowest BCUT2D eigenvalue weighted by Crippen LogP contribution is -2.53. The number of aromatic nitrogens is 2. The number of nitrogens with one attached hydrogen (secondary N) is 2. The molecule has 100 valence electrons. The van der Waals surface area contributed by atoms with Gasteiger partial charge in [-0.3, -0.25) is 24.8 Å². The van der Waals surface area contributed by atoms with E-state index < -0.39 is 17.7 Å². The summed E-state index contributed by atoms with van der Waals surface area (Å²) < 4.78 is 0. The molecule has 8 heteroatoms. The summed E-state index contributed by atoms with van der Waals surface area (Å²) in [5.41, 5.74) is 7.08. The minimum absolute atomic E-state index is 0.0874. The van der Waals surface area contributed by atoms with Crippen LogP contribution in [0.25, 0.3) is 0 Å². The van der Waals surface area contributed by atoms with Gasteiger partial charge >= 0.3 is 0 Å². The normalized spacial score (nSPS) is 19.5. The Morgan fingerprint density at radius 2 is 1.89 bits per heavy atom. The van der Waals surface area contributed by atoms with Gasteiger partial charge in [-0.15, -0.1) is 0 Å². The van der Waals surface area contributed by atoms with Crippen molar-refractivity contribution in [3.63, 3.8) is 0 Å². The molecule has 8 nitrogen and oxygen atoms in total. The summed E-state index contributed by atoms with van der Waals surface area (Å²) in [5, 5.41) is 8.82. The quantitative estimate of drug-likeness (QED) is 0.589. The van der Waals surface area contributed by atoms with E-state index in [1.165, 1.54) is 0 Å². The molecule has 1 saturated carbocycles. The minimum atomic E-state index is -0.499. The fourth-order valence-corrected chi connectivity index (χ4v) is 2.14. The maximum atomic E-state index is 12.2. The third-order valence-electron chi connectivity index (χ3n) is 3.26. The fourth-order valence-electron chi connectivity index (χ4n) is 2.14. The van der Waals surface area contributed by atoms with Gasteiger partial charge in [0.05, 0.1) is 11.4 Å². The number of H-pyrrole nitrogens is 1. The van der Waals surface area contributed by atoms with E-state index in [-0.39, 0.29) is 18.8 Å². The summed E-state index contributed by atoms with van der Waals surface area (Å²) >= 11 is 0. The van der Waals surface area contributed by atoms with Crippen molar-refractivity contribution in [2.75, 3.05) is 18.8 Å². The van der Waals surface area contributed by atoms with E-state index in [4.69, 9.17) is 5.73 Å². The van der Waals surface area contributed by atoms with Crippen molar-refractivity contribution in [3.05, 3.63) is 11.4 Å². The molecule has 2 aliphatic rings. The summed E-state index contributed by atoms with van der Waals surface area (Å²) in [4.78, 5) is 35.8. The topological polar surface area (TPSA) is 121 Å². The van der Waals surface area contributed by atoms with Gasteiger partial charge in [-0.05, 0) is 12.8 Å². The molecule has 0 spiro atoms. The predicted octanol–water partition coefficient (Wildman–Crippen LogP) is -1.03. The average molecular weight is 263 g/mol. The van der Waals surface area contributed by atoms with E-state index >= 15 is 0 Å². The van der Waals surface area contributed by atoms with Crippen LogP contribution in [0.1, 0.15) is 34.9 Å². The Bertz CT molecular complexity index is 559. The van der Waals surface area contributed by atoms with E-state index in [0.29, 0.717) is 11.6 Å². The van der Waals surface area contributed by atoms with Gasteiger partial charge in [-0.25, -0.2) is 0 Å². The Morgan fingerprint density at radius 3 is 2.47 bits per heavy atom. The van der Waals surface area contributed by atoms with Crippen molar-refractivity contribution in [2.45, 2.75) is 18.8 Å². The number of carbonyl (C=O) groups is 3. The number of anilines is 1.